The van der Waals surface area contributed by atoms with Crippen LogP contribution in [0.1, 0.15) is 200 Å². The van der Waals surface area contributed by atoms with Gasteiger partial charge in [0.1, 0.15) is 43.2 Å². The average molecular weight is 903 g/mol. The Morgan fingerprint density at radius 2 is 0.871 bits per heavy atom. The van der Waals surface area contributed by atoms with Gasteiger partial charge in [-0.1, -0.05) is 153 Å². The SMILES string of the molecule is CCCCC/C=C\C/C=C\CCCCCCCCCCCC(=O)OC[C@H](COP(=O)(O)OC1C(O)C(O)C(O)[C@@H](O)C1O)OC(=O)CCCCCCC/C=C\CCCCCCC. The van der Waals surface area contributed by atoms with E-state index in [2.05, 4.69) is 50.3 Å². The number of carbonyl (C=O) groups is 2. The maximum absolute atomic E-state index is 12.8. The summed E-state index contributed by atoms with van der Waals surface area (Å²) in [6.07, 6.45) is 30.5. The van der Waals surface area contributed by atoms with E-state index in [0.29, 0.717) is 12.8 Å². The van der Waals surface area contributed by atoms with Crippen LogP contribution in [0, 0.1) is 0 Å². The highest BCUT2D eigenvalue weighted by atomic mass is 31.2. The molecular weight excluding hydrogens is 815 g/mol. The summed E-state index contributed by atoms with van der Waals surface area (Å²) < 4.78 is 33.6. The van der Waals surface area contributed by atoms with Crippen LogP contribution < -0.4 is 0 Å². The van der Waals surface area contributed by atoms with Crippen molar-refractivity contribution in [2.24, 2.45) is 0 Å². The molecule has 14 heteroatoms. The fourth-order valence-corrected chi connectivity index (χ4v) is 8.23. The van der Waals surface area contributed by atoms with Crippen molar-refractivity contribution in [3.63, 3.8) is 0 Å². The molecule has 1 rings (SSSR count). The first-order chi connectivity index (χ1) is 29.9. The summed E-state index contributed by atoms with van der Waals surface area (Å²) in [6, 6.07) is 0. The molecular formula is C48H87O13P. The van der Waals surface area contributed by atoms with Crippen molar-refractivity contribution in [2.75, 3.05) is 13.2 Å². The van der Waals surface area contributed by atoms with Gasteiger partial charge in [0, 0.05) is 12.8 Å². The van der Waals surface area contributed by atoms with Gasteiger partial charge < -0.3 is 39.9 Å². The van der Waals surface area contributed by atoms with Gasteiger partial charge in [0.15, 0.2) is 6.10 Å². The minimum Gasteiger partial charge on any atom is -0.462 e. The number of carbonyl (C=O) groups excluding carboxylic acids is 2. The highest BCUT2D eigenvalue weighted by molar-refractivity contribution is 7.47. The Bertz CT molecular complexity index is 1230. The number of allylic oxidation sites excluding steroid dienone is 6. The van der Waals surface area contributed by atoms with Crippen LogP contribution in [0.3, 0.4) is 0 Å². The van der Waals surface area contributed by atoms with Crippen molar-refractivity contribution in [3.8, 4) is 0 Å². The summed E-state index contributed by atoms with van der Waals surface area (Å²) >= 11 is 0. The zero-order valence-corrected chi connectivity index (χ0v) is 39.3. The molecule has 0 spiro atoms. The average Bonchev–Trinajstić information content (AvgIpc) is 3.25. The normalized spacial score (nSPS) is 22.1. The number of esters is 2. The first-order valence-electron chi connectivity index (χ1n) is 24.3. The third-order valence-corrected chi connectivity index (χ3v) is 12.2. The molecule has 0 heterocycles. The second-order valence-corrected chi connectivity index (χ2v) is 18.4. The topological polar surface area (TPSA) is 210 Å². The lowest BCUT2D eigenvalue weighted by atomic mass is 9.85. The van der Waals surface area contributed by atoms with E-state index in [1.165, 1.54) is 83.5 Å². The number of phosphoric acid groups is 1. The molecule has 1 saturated carbocycles. The molecule has 1 aliphatic carbocycles. The van der Waals surface area contributed by atoms with E-state index >= 15 is 0 Å². The minimum absolute atomic E-state index is 0.0862. The quantitative estimate of drug-likeness (QED) is 0.0147. The Morgan fingerprint density at radius 1 is 0.500 bits per heavy atom. The van der Waals surface area contributed by atoms with E-state index in [9.17, 15) is 44.6 Å². The molecule has 0 aliphatic heterocycles. The summed E-state index contributed by atoms with van der Waals surface area (Å²) in [7, 11) is -5.12. The molecule has 362 valence electrons. The summed E-state index contributed by atoms with van der Waals surface area (Å²) in [5.41, 5.74) is 0. The van der Waals surface area contributed by atoms with Gasteiger partial charge in [-0.2, -0.15) is 0 Å². The van der Waals surface area contributed by atoms with Crippen molar-refractivity contribution in [2.45, 2.75) is 243 Å². The van der Waals surface area contributed by atoms with E-state index in [0.717, 1.165) is 77.0 Å². The van der Waals surface area contributed by atoms with E-state index in [-0.39, 0.29) is 12.8 Å². The Labute approximate surface area is 374 Å². The Balaban J connectivity index is 2.42. The van der Waals surface area contributed by atoms with Gasteiger partial charge in [0.05, 0.1) is 6.61 Å². The van der Waals surface area contributed by atoms with Crippen molar-refractivity contribution < 1.29 is 63.1 Å². The predicted molar refractivity (Wildman–Crippen MR) is 244 cm³/mol. The maximum Gasteiger partial charge on any atom is 0.472 e. The first-order valence-corrected chi connectivity index (χ1v) is 25.8. The lowest BCUT2D eigenvalue weighted by Gasteiger charge is -2.41. The van der Waals surface area contributed by atoms with Crippen LogP contribution in [0.15, 0.2) is 36.5 Å². The lowest BCUT2D eigenvalue weighted by Crippen LogP contribution is -2.64. The molecule has 1 aliphatic rings. The molecule has 0 aromatic carbocycles. The number of unbranched alkanes of at least 4 members (excludes halogenated alkanes) is 22. The Morgan fingerprint density at radius 3 is 1.35 bits per heavy atom. The molecule has 6 N–H and O–H groups in total. The fourth-order valence-electron chi connectivity index (χ4n) is 7.25. The molecule has 6 unspecified atom stereocenters. The zero-order chi connectivity index (χ0) is 45.7. The molecule has 1 fully saturated rings. The molecule has 0 saturated heterocycles. The summed E-state index contributed by atoms with van der Waals surface area (Å²) in [4.78, 5) is 35.7. The van der Waals surface area contributed by atoms with Crippen molar-refractivity contribution in [3.05, 3.63) is 36.5 Å². The van der Waals surface area contributed by atoms with E-state index < -0.39 is 75.7 Å². The van der Waals surface area contributed by atoms with Crippen LogP contribution in [0.2, 0.25) is 0 Å². The van der Waals surface area contributed by atoms with Gasteiger partial charge in [-0.05, 0) is 70.6 Å². The van der Waals surface area contributed by atoms with Crippen molar-refractivity contribution in [1.29, 1.82) is 0 Å². The standard InChI is InChI=1S/C48H87O13P/c1-3-5-7-9-11-13-15-17-19-20-21-22-23-25-26-28-30-32-34-36-41(49)58-38-40(39-59-62(56,57)61-48-46(54)44(52)43(51)45(53)47(48)55)60-42(50)37-35-33-31-29-27-24-18-16-14-12-10-8-6-4-2/h11,13,16-19,40,43-48,51-55H,3-10,12,14-15,20-39H2,1-2H3,(H,56,57)/b13-11-,18-16-,19-17-/t40-,43?,44-,45?,46?,47?,48?/m1/s1. The van der Waals surface area contributed by atoms with Crippen molar-refractivity contribution in [1.82, 2.24) is 0 Å². The molecule has 0 bridgehead atoms. The van der Waals surface area contributed by atoms with E-state index in [1.807, 2.05) is 0 Å². The second kappa shape index (κ2) is 38.3. The van der Waals surface area contributed by atoms with Gasteiger partial charge in [-0.25, -0.2) is 4.57 Å². The fraction of sp³-hybridized carbons (Fsp3) is 0.833. The van der Waals surface area contributed by atoms with Gasteiger partial charge in [0.2, 0.25) is 0 Å². The smallest absolute Gasteiger partial charge is 0.462 e. The molecule has 0 aromatic rings. The maximum atomic E-state index is 12.8. The number of hydrogen-bond acceptors (Lipinski definition) is 12. The van der Waals surface area contributed by atoms with Crippen LogP contribution in [0.25, 0.3) is 0 Å². The van der Waals surface area contributed by atoms with E-state index in [4.69, 9.17) is 18.5 Å². The van der Waals surface area contributed by atoms with Gasteiger partial charge in [0.25, 0.3) is 0 Å². The summed E-state index contributed by atoms with van der Waals surface area (Å²) in [5, 5.41) is 50.2. The number of aliphatic hydroxyl groups is 5. The van der Waals surface area contributed by atoms with Crippen LogP contribution in [-0.4, -0.2) is 98.3 Å². The van der Waals surface area contributed by atoms with Crippen LogP contribution in [-0.2, 0) is 32.7 Å². The Kier molecular flexibility index (Phi) is 35.9. The first kappa shape index (κ1) is 58.1. The largest absolute Gasteiger partial charge is 0.472 e. The predicted octanol–water partition coefficient (Wildman–Crippen LogP) is 9.78. The highest BCUT2D eigenvalue weighted by Gasteiger charge is 2.51. The third-order valence-electron chi connectivity index (χ3n) is 11.2. The number of phosphoric ester groups is 1. The van der Waals surface area contributed by atoms with Gasteiger partial charge in [-0.15, -0.1) is 0 Å². The molecule has 13 nitrogen and oxygen atoms in total. The number of rotatable bonds is 40. The summed E-state index contributed by atoms with van der Waals surface area (Å²) in [5.74, 6) is -1.11. The van der Waals surface area contributed by atoms with Crippen LogP contribution >= 0.6 is 7.82 Å². The van der Waals surface area contributed by atoms with Gasteiger partial charge >= 0.3 is 19.8 Å². The monoisotopic (exact) mass is 903 g/mol. The van der Waals surface area contributed by atoms with E-state index in [1.54, 1.807) is 0 Å². The molecule has 62 heavy (non-hydrogen) atoms. The molecule has 8 atom stereocenters. The number of hydrogen-bond donors (Lipinski definition) is 6. The minimum atomic E-state index is -5.12. The summed E-state index contributed by atoms with van der Waals surface area (Å²) in [6.45, 7) is 3.26. The highest BCUT2D eigenvalue weighted by Crippen LogP contribution is 2.47. The van der Waals surface area contributed by atoms with Crippen molar-refractivity contribution >= 4 is 19.8 Å². The second-order valence-electron chi connectivity index (χ2n) is 17.0. The zero-order valence-electron chi connectivity index (χ0n) is 38.4. The Hall–Kier alpha value is -1.93. The van der Waals surface area contributed by atoms with Crippen LogP contribution in [0.5, 0.6) is 0 Å². The molecule has 0 aromatic heterocycles. The molecule has 0 amide bonds. The molecule has 0 radical (unpaired) electrons. The third kappa shape index (κ3) is 30.3. The number of ether oxygens (including phenoxy) is 2. The lowest BCUT2D eigenvalue weighted by molar-refractivity contribution is -0.220. The number of aliphatic hydroxyl groups excluding tert-OH is 5. The van der Waals surface area contributed by atoms with Crippen LogP contribution in [0.4, 0.5) is 0 Å². The van der Waals surface area contributed by atoms with Gasteiger partial charge in [-0.3, -0.25) is 18.6 Å².